The zero-order valence-corrected chi connectivity index (χ0v) is 10.2. The Kier molecular flexibility index (Phi) is 3.38. The summed E-state index contributed by atoms with van der Waals surface area (Å²) in [5.74, 6) is -1.10. The van der Waals surface area contributed by atoms with E-state index in [0.29, 0.717) is 6.42 Å². The number of rotatable bonds is 3. The van der Waals surface area contributed by atoms with Gasteiger partial charge in [0.05, 0.1) is 5.25 Å². The summed E-state index contributed by atoms with van der Waals surface area (Å²) in [6, 6.07) is 7.89. The van der Waals surface area contributed by atoms with Crippen LogP contribution in [0.25, 0.3) is 0 Å². The van der Waals surface area contributed by atoms with Gasteiger partial charge in [0.15, 0.2) is 0 Å². The van der Waals surface area contributed by atoms with E-state index in [1.807, 2.05) is 24.3 Å². The maximum Gasteiger partial charge on any atom is 0.323 e. The van der Waals surface area contributed by atoms with Gasteiger partial charge in [0.2, 0.25) is 5.91 Å². The van der Waals surface area contributed by atoms with Crippen LogP contribution in [-0.4, -0.2) is 40.7 Å². The third-order valence-corrected chi connectivity index (χ3v) is 3.98. The summed E-state index contributed by atoms with van der Waals surface area (Å²) >= 11 is 1.52. The lowest BCUT2D eigenvalue weighted by molar-refractivity contribution is -0.143. The number of carbonyl (C=O) groups excluding carboxylic acids is 1. The van der Waals surface area contributed by atoms with Gasteiger partial charge in [-0.1, -0.05) is 18.2 Å². The van der Waals surface area contributed by atoms with E-state index < -0.39 is 5.97 Å². The third-order valence-electron chi connectivity index (χ3n) is 2.67. The van der Waals surface area contributed by atoms with Crippen molar-refractivity contribution in [1.82, 2.24) is 4.90 Å². The molecular weight excluding hydrogens is 238 g/mol. The Morgan fingerprint density at radius 2 is 2.18 bits per heavy atom. The van der Waals surface area contributed by atoms with E-state index in [-0.39, 0.29) is 17.7 Å². The fraction of sp³-hybridized carbons (Fsp3) is 0.333. The number of fused-ring (bicyclic) bond motifs is 1. The minimum Gasteiger partial charge on any atom is -0.480 e. The van der Waals surface area contributed by atoms with Crippen LogP contribution in [0.15, 0.2) is 29.2 Å². The molecule has 1 unspecified atom stereocenters. The number of carboxylic acids is 1. The van der Waals surface area contributed by atoms with Crippen LogP contribution in [0, 0.1) is 0 Å². The predicted octanol–water partition coefficient (Wildman–Crippen LogP) is 1.25. The number of likely N-dealkylation sites (N-methyl/N-ethyl adjacent to an activating group) is 1. The van der Waals surface area contributed by atoms with Crippen LogP contribution >= 0.6 is 11.8 Å². The average molecular weight is 251 g/mol. The molecule has 1 atom stereocenters. The second-order valence-corrected chi connectivity index (χ2v) is 5.25. The summed E-state index contributed by atoms with van der Waals surface area (Å²) in [7, 11) is 1.53. The van der Waals surface area contributed by atoms with Crippen molar-refractivity contribution in [3.05, 3.63) is 29.8 Å². The average Bonchev–Trinajstić information content (AvgIpc) is 2.70. The Hall–Kier alpha value is -1.49. The molecule has 0 saturated carbocycles. The molecule has 0 fully saturated rings. The number of thioether (sulfide) groups is 1. The molecule has 1 aromatic rings. The number of amides is 1. The van der Waals surface area contributed by atoms with Crippen LogP contribution < -0.4 is 0 Å². The van der Waals surface area contributed by atoms with Crippen LogP contribution in [0.1, 0.15) is 5.56 Å². The summed E-state index contributed by atoms with van der Waals surface area (Å²) in [4.78, 5) is 24.9. The number of hydrogen-bond acceptors (Lipinski definition) is 3. The fourth-order valence-electron chi connectivity index (χ4n) is 1.85. The largest absolute Gasteiger partial charge is 0.480 e. The number of carboxylic acid groups (broad SMARTS) is 1. The Morgan fingerprint density at radius 3 is 2.82 bits per heavy atom. The number of carbonyl (C=O) groups is 2. The molecule has 2 rings (SSSR count). The first-order chi connectivity index (χ1) is 8.08. The summed E-state index contributed by atoms with van der Waals surface area (Å²) in [5, 5.41) is 8.46. The molecule has 1 aromatic carbocycles. The Morgan fingerprint density at radius 1 is 1.47 bits per heavy atom. The first-order valence-electron chi connectivity index (χ1n) is 5.29. The minimum absolute atomic E-state index is 0.117. The number of aliphatic carboxylic acids is 1. The number of hydrogen-bond donors (Lipinski definition) is 1. The van der Waals surface area contributed by atoms with Gasteiger partial charge in [-0.05, 0) is 18.1 Å². The SMILES string of the molecule is CN(CC(=O)O)C(=O)C1Cc2ccccc2S1. The summed E-state index contributed by atoms with van der Waals surface area (Å²) < 4.78 is 0. The maximum atomic E-state index is 12.0. The van der Waals surface area contributed by atoms with Crippen molar-refractivity contribution in [2.45, 2.75) is 16.6 Å². The molecule has 0 aromatic heterocycles. The van der Waals surface area contributed by atoms with E-state index in [1.165, 1.54) is 29.3 Å². The Labute approximate surface area is 104 Å². The standard InChI is InChI=1S/C12H13NO3S/c1-13(7-11(14)15)12(16)10-6-8-4-2-3-5-9(8)17-10/h2-5,10H,6-7H2,1H3,(H,14,15). The first kappa shape index (κ1) is 12.0. The van der Waals surface area contributed by atoms with E-state index >= 15 is 0 Å². The van der Waals surface area contributed by atoms with E-state index in [9.17, 15) is 9.59 Å². The van der Waals surface area contributed by atoms with E-state index in [4.69, 9.17) is 5.11 Å². The highest BCUT2D eigenvalue weighted by Crippen LogP contribution is 2.37. The van der Waals surface area contributed by atoms with Crippen molar-refractivity contribution in [2.75, 3.05) is 13.6 Å². The van der Waals surface area contributed by atoms with Crippen LogP contribution in [0.3, 0.4) is 0 Å². The van der Waals surface area contributed by atoms with Crippen molar-refractivity contribution < 1.29 is 14.7 Å². The summed E-state index contributed by atoms with van der Waals surface area (Å²) in [6.07, 6.45) is 0.684. The van der Waals surface area contributed by atoms with Crippen molar-refractivity contribution in [3.8, 4) is 0 Å². The molecule has 4 nitrogen and oxygen atoms in total. The summed E-state index contributed by atoms with van der Waals surface area (Å²) in [5.41, 5.74) is 1.17. The smallest absolute Gasteiger partial charge is 0.323 e. The highest BCUT2D eigenvalue weighted by Gasteiger charge is 2.30. The lowest BCUT2D eigenvalue weighted by Gasteiger charge is -2.18. The van der Waals surface area contributed by atoms with Crippen LogP contribution in [0.5, 0.6) is 0 Å². The maximum absolute atomic E-state index is 12.0. The highest BCUT2D eigenvalue weighted by atomic mass is 32.2. The van der Waals surface area contributed by atoms with Gasteiger partial charge in [-0.25, -0.2) is 0 Å². The first-order valence-corrected chi connectivity index (χ1v) is 6.17. The molecule has 90 valence electrons. The number of benzene rings is 1. The normalized spacial score (nSPS) is 17.6. The highest BCUT2D eigenvalue weighted by molar-refractivity contribution is 8.01. The fourth-order valence-corrected chi connectivity index (χ4v) is 3.16. The van der Waals surface area contributed by atoms with Gasteiger partial charge in [0, 0.05) is 11.9 Å². The van der Waals surface area contributed by atoms with Crippen molar-refractivity contribution in [1.29, 1.82) is 0 Å². The monoisotopic (exact) mass is 251 g/mol. The molecule has 0 saturated heterocycles. The topological polar surface area (TPSA) is 57.6 Å². The van der Waals surface area contributed by atoms with Crippen molar-refractivity contribution in [2.24, 2.45) is 0 Å². The van der Waals surface area contributed by atoms with E-state index in [2.05, 4.69) is 0 Å². The van der Waals surface area contributed by atoms with Gasteiger partial charge in [0.25, 0.3) is 0 Å². The van der Waals surface area contributed by atoms with Crippen molar-refractivity contribution in [3.63, 3.8) is 0 Å². The van der Waals surface area contributed by atoms with Gasteiger partial charge in [-0.2, -0.15) is 0 Å². The van der Waals surface area contributed by atoms with E-state index in [0.717, 1.165) is 4.90 Å². The molecule has 1 amide bonds. The molecule has 0 spiro atoms. The molecule has 1 N–H and O–H groups in total. The minimum atomic E-state index is -0.985. The Balaban J connectivity index is 2.03. The zero-order chi connectivity index (χ0) is 12.4. The number of nitrogens with zero attached hydrogens (tertiary/aromatic N) is 1. The second-order valence-electron chi connectivity index (χ2n) is 4.01. The second kappa shape index (κ2) is 4.79. The predicted molar refractivity (Wildman–Crippen MR) is 65.1 cm³/mol. The molecule has 1 aliphatic rings. The molecule has 1 heterocycles. The lowest BCUT2D eigenvalue weighted by Crippen LogP contribution is -2.37. The van der Waals surface area contributed by atoms with E-state index in [1.54, 1.807) is 0 Å². The van der Waals surface area contributed by atoms with Crippen LogP contribution in [-0.2, 0) is 16.0 Å². The summed E-state index contributed by atoms with van der Waals surface area (Å²) in [6.45, 7) is -0.244. The van der Waals surface area contributed by atoms with Gasteiger partial charge in [-0.3, -0.25) is 9.59 Å². The van der Waals surface area contributed by atoms with Crippen LogP contribution in [0.2, 0.25) is 0 Å². The molecule has 0 bridgehead atoms. The van der Waals surface area contributed by atoms with Crippen molar-refractivity contribution >= 4 is 23.6 Å². The molecule has 1 aliphatic heterocycles. The lowest BCUT2D eigenvalue weighted by atomic mass is 10.1. The van der Waals surface area contributed by atoms with Gasteiger partial charge >= 0.3 is 5.97 Å². The molecule has 0 aliphatic carbocycles. The molecular formula is C12H13NO3S. The van der Waals surface area contributed by atoms with Gasteiger partial charge in [-0.15, -0.1) is 11.8 Å². The van der Waals surface area contributed by atoms with Crippen LogP contribution in [0.4, 0.5) is 0 Å². The van der Waals surface area contributed by atoms with Gasteiger partial charge < -0.3 is 10.0 Å². The van der Waals surface area contributed by atoms with Gasteiger partial charge in [0.1, 0.15) is 6.54 Å². The third kappa shape index (κ3) is 2.61. The molecule has 5 heteroatoms. The Bertz CT molecular complexity index is 436. The molecule has 0 radical (unpaired) electrons. The molecule has 17 heavy (non-hydrogen) atoms. The quantitative estimate of drug-likeness (QED) is 0.878. The zero-order valence-electron chi connectivity index (χ0n) is 9.42.